The van der Waals surface area contributed by atoms with Crippen LogP contribution in [0.3, 0.4) is 0 Å². The van der Waals surface area contributed by atoms with Crippen molar-refractivity contribution < 1.29 is 19.1 Å². The van der Waals surface area contributed by atoms with Gasteiger partial charge in [0, 0.05) is 18.0 Å². The minimum atomic E-state index is -1.06. The van der Waals surface area contributed by atoms with Crippen LogP contribution in [0.25, 0.3) is 5.76 Å². The first-order valence-electron chi connectivity index (χ1n) is 8.47. The first-order chi connectivity index (χ1) is 13.6. The second-order valence-electron chi connectivity index (χ2n) is 6.14. The third kappa shape index (κ3) is 2.92. The predicted octanol–water partition coefficient (Wildman–Crippen LogP) is 3.24. The number of carbonyl (C=O) groups excluding carboxylic acids is 2. The lowest BCUT2D eigenvalue weighted by Crippen LogP contribution is -2.31. The van der Waals surface area contributed by atoms with Crippen molar-refractivity contribution in [1.29, 1.82) is 0 Å². The number of carbonyl (C=O) groups is 2. The summed E-state index contributed by atoms with van der Waals surface area (Å²) < 4.78 is 13.9. The van der Waals surface area contributed by atoms with Crippen molar-refractivity contribution in [2.24, 2.45) is 0 Å². The summed E-state index contributed by atoms with van der Waals surface area (Å²) in [4.78, 5) is 34.8. The lowest BCUT2D eigenvalue weighted by molar-refractivity contribution is -0.132. The molecule has 0 saturated carbocycles. The molecule has 1 aromatic heterocycles. The summed E-state index contributed by atoms with van der Waals surface area (Å²) in [5.74, 6) is -2.66. The lowest BCUT2D eigenvalue weighted by atomic mass is 9.95. The molecule has 0 radical (unpaired) electrons. The van der Waals surface area contributed by atoms with Crippen molar-refractivity contribution in [3.05, 3.63) is 95.6 Å². The second kappa shape index (κ2) is 7.03. The standard InChI is InChI=1S/C21H14FN3O3/c22-15-9-4-8-14(12-15)17-16(18(26)13-6-2-1-3-7-13)19(27)20(28)25(17)21-23-10-5-11-24-21/h1-12,17,26H/b18-16-. The van der Waals surface area contributed by atoms with Crippen LogP contribution in [0.2, 0.25) is 0 Å². The molecule has 1 aliphatic rings. The number of hydrogen-bond acceptors (Lipinski definition) is 5. The first kappa shape index (κ1) is 17.5. The number of ketones is 1. The fraction of sp³-hybridized carbons (Fsp3) is 0.0476. The Labute approximate surface area is 159 Å². The van der Waals surface area contributed by atoms with Gasteiger partial charge < -0.3 is 5.11 Å². The highest BCUT2D eigenvalue weighted by Crippen LogP contribution is 2.40. The van der Waals surface area contributed by atoms with Crippen LogP contribution in [-0.4, -0.2) is 26.8 Å². The Kier molecular flexibility index (Phi) is 4.41. The molecule has 2 aromatic carbocycles. The van der Waals surface area contributed by atoms with Gasteiger partial charge in [-0.15, -0.1) is 0 Å². The van der Waals surface area contributed by atoms with Gasteiger partial charge in [0.05, 0.1) is 11.6 Å². The number of Topliss-reactive ketones (excluding diaryl/α,β-unsaturated/α-hetero) is 1. The molecule has 1 N–H and O–H groups in total. The van der Waals surface area contributed by atoms with Gasteiger partial charge in [-0.25, -0.2) is 14.4 Å². The molecular weight excluding hydrogens is 361 g/mol. The minimum absolute atomic E-state index is 0.00836. The summed E-state index contributed by atoms with van der Waals surface area (Å²) in [5.41, 5.74) is 0.550. The Bertz CT molecular complexity index is 1080. The Hall–Kier alpha value is -3.87. The van der Waals surface area contributed by atoms with E-state index in [4.69, 9.17) is 0 Å². The minimum Gasteiger partial charge on any atom is -0.507 e. The smallest absolute Gasteiger partial charge is 0.302 e. The topological polar surface area (TPSA) is 83.4 Å². The van der Waals surface area contributed by atoms with E-state index < -0.39 is 23.5 Å². The van der Waals surface area contributed by atoms with E-state index in [2.05, 4.69) is 9.97 Å². The molecule has 1 fully saturated rings. The van der Waals surface area contributed by atoms with E-state index in [-0.39, 0.29) is 17.3 Å². The predicted molar refractivity (Wildman–Crippen MR) is 99.7 cm³/mol. The molecule has 0 aliphatic carbocycles. The fourth-order valence-corrected chi connectivity index (χ4v) is 3.20. The van der Waals surface area contributed by atoms with Crippen molar-refractivity contribution in [3.63, 3.8) is 0 Å². The fourth-order valence-electron chi connectivity index (χ4n) is 3.20. The van der Waals surface area contributed by atoms with Crippen LogP contribution in [0.1, 0.15) is 17.2 Å². The number of amides is 1. The molecule has 7 heteroatoms. The van der Waals surface area contributed by atoms with Gasteiger partial charge in [0.25, 0.3) is 5.78 Å². The van der Waals surface area contributed by atoms with Crippen LogP contribution >= 0.6 is 0 Å². The number of aliphatic hydroxyl groups excluding tert-OH is 1. The molecule has 1 atom stereocenters. The Morgan fingerprint density at radius 1 is 0.964 bits per heavy atom. The van der Waals surface area contributed by atoms with Gasteiger partial charge in [0.2, 0.25) is 5.95 Å². The average Bonchev–Trinajstić information content (AvgIpc) is 3.00. The monoisotopic (exact) mass is 375 g/mol. The molecule has 28 heavy (non-hydrogen) atoms. The van der Waals surface area contributed by atoms with Crippen molar-refractivity contribution in [3.8, 4) is 0 Å². The van der Waals surface area contributed by atoms with E-state index in [9.17, 15) is 19.1 Å². The number of hydrogen-bond donors (Lipinski definition) is 1. The molecule has 3 aromatic rings. The molecule has 1 amide bonds. The Morgan fingerprint density at radius 2 is 1.68 bits per heavy atom. The molecule has 1 aliphatic heterocycles. The molecule has 2 heterocycles. The highest BCUT2D eigenvalue weighted by Gasteiger charge is 2.48. The summed E-state index contributed by atoms with van der Waals surface area (Å²) in [6.45, 7) is 0. The van der Waals surface area contributed by atoms with Gasteiger partial charge in [-0.1, -0.05) is 42.5 Å². The summed E-state index contributed by atoms with van der Waals surface area (Å²) in [6.07, 6.45) is 2.86. The number of benzene rings is 2. The summed E-state index contributed by atoms with van der Waals surface area (Å²) in [6, 6.07) is 14.4. The number of anilines is 1. The van der Waals surface area contributed by atoms with Gasteiger partial charge >= 0.3 is 5.91 Å². The quantitative estimate of drug-likeness (QED) is 0.432. The maximum atomic E-state index is 13.9. The first-order valence-corrected chi connectivity index (χ1v) is 8.47. The lowest BCUT2D eigenvalue weighted by Gasteiger charge is -2.23. The molecule has 1 unspecified atom stereocenters. The summed E-state index contributed by atoms with van der Waals surface area (Å²) >= 11 is 0. The van der Waals surface area contributed by atoms with E-state index in [0.717, 1.165) is 4.90 Å². The molecule has 138 valence electrons. The number of halogens is 1. The van der Waals surface area contributed by atoms with Crippen LogP contribution in [0.4, 0.5) is 10.3 Å². The van der Waals surface area contributed by atoms with Crippen LogP contribution < -0.4 is 4.90 Å². The van der Waals surface area contributed by atoms with Crippen molar-refractivity contribution in [1.82, 2.24) is 9.97 Å². The van der Waals surface area contributed by atoms with E-state index >= 15 is 0 Å². The average molecular weight is 375 g/mol. The second-order valence-corrected chi connectivity index (χ2v) is 6.14. The third-order valence-corrected chi connectivity index (χ3v) is 4.42. The maximum Gasteiger partial charge on any atom is 0.302 e. The molecule has 4 rings (SSSR count). The number of aliphatic hydroxyl groups is 1. The summed E-state index contributed by atoms with van der Waals surface area (Å²) in [5, 5.41) is 10.8. The summed E-state index contributed by atoms with van der Waals surface area (Å²) in [7, 11) is 0. The molecule has 0 bridgehead atoms. The largest absolute Gasteiger partial charge is 0.507 e. The van der Waals surface area contributed by atoms with Crippen LogP contribution in [0.15, 0.2) is 78.6 Å². The molecular formula is C21H14FN3O3. The Morgan fingerprint density at radius 3 is 2.36 bits per heavy atom. The Balaban J connectivity index is 1.96. The van der Waals surface area contributed by atoms with Gasteiger partial charge in [0.1, 0.15) is 11.6 Å². The normalized spacial score (nSPS) is 18.5. The molecule has 0 spiro atoms. The van der Waals surface area contributed by atoms with Crippen LogP contribution in [0, 0.1) is 5.82 Å². The van der Waals surface area contributed by atoms with Crippen molar-refractivity contribution in [2.75, 3.05) is 4.90 Å². The SMILES string of the molecule is O=C1C(=O)N(c2ncccn2)C(c2cccc(F)c2)/C1=C(/O)c1ccccc1. The van der Waals surface area contributed by atoms with E-state index in [0.29, 0.717) is 11.1 Å². The maximum absolute atomic E-state index is 13.9. The van der Waals surface area contributed by atoms with Gasteiger partial charge in [-0.05, 0) is 23.8 Å². The van der Waals surface area contributed by atoms with Crippen LogP contribution in [-0.2, 0) is 9.59 Å². The number of rotatable bonds is 3. The number of nitrogens with zero attached hydrogens (tertiary/aromatic N) is 3. The zero-order valence-electron chi connectivity index (χ0n) is 14.5. The highest BCUT2D eigenvalue weighted by molar-refractivity contribution is 6.51. The van der Waals surface area contributed by atoms with Gasteiger partial charge in [0.15, 0.2) is 0 Å². The molecule has 1 saturated heterocycles. The van der Waals surface area contributed by atoms with Crippen molar-refractivity contribution >= 4 is 23.4 Å². The van der Waals surface area contributed by atoms with Gasteiger partial charge in [-0.3, -0.25) is 14.5 Å². The third-order valence-electron chi connectivity index (χ3n) is 4.42. The zero-order valence-corrected chi connectivity index (χ0v) is 14.5. The number of aromatic nitrogens is 2. The van der Waals surface area contributed by atoms with Crippen LogP contribution in [0.5, 0.6) is 0 Å². The highest BCUT2D eigenvalue weighted by atomic mass is 19.1. The van der Waals surface area contributed by atoms with E-state index in [1.807, 2.05) is 0 Å². The van der Waals surface area contributed by atoms with Gasteiger partial charge in [-0.2, -0.15) is 0 Å². The zero-order chi connectivity index (χ0) is 19.7. The van der Waals surface area contributed by atoms with E-state index in [1.54, 1.807) is 42.5 Å². The molecule has 6 nitrogen and oxygen atoms in total. The van der Waals surface area contributed by atoms with Crippen molar-refractivity contribution in [2.45, 2.75) is 6.04 Å². The van der Waals surface area contributed by atoms with E-state index in [1.165, 1.54) is 30.6 Å².